The molecule has 1 nitrogen and oxygen atoms in total. The number of piperidine rings is 3. The molecule has 0 aromatic rings. The molecule has 3 heterocycles. The van der Waals surface area contributed by atoms with Crippen LogP contribution < -0.4 is 0 Å². The summed E-state index contributed by atoms with van der Waals surface area (Å²) in [5.74, 6) is 1.11. The van der Waals surface area contributed by atoms with Crippen LogP contribution in [0.1, 0.15) is 84.0 Å². The molecule has 0 radical (unpaired) electrons. The number of unbranched alkanes of at least 4 members (excludes halogenated alkanes) is 8. The van der Waals surface area contributed by atoms with E-state index < -0.39 is 0 Å². The molecule has 0 N–H and O–H groups in total. The van der Waals surface area contributed by atoms with Gasteiger partial charge in [0.25, 0.3) is 0 Å². The molecule has 0 atom stereocenters. The van der Waals surface area contributed by atoms with Crippen LogP contribution in [0.15, 0.2) is 0 Å². The minimum absolute atomic E-state index is 1.11. The van der Waals surface area contributed by atoms with Crippen LogP contribution in [0.3, 0.4) is 0 Å². The lowest BCUT2D eigenvalue weighted by Gasteiger charge is -2.49. The summed E-state index contributed by atoms with van der Waals surface area (Å²) >= 11 is 0. The molecular formula is C18H36N+. The minimum Gasteiger partial charge on any atom is -0.324 e. The number of rotatable bonds is 10. The minimum atomic E-state index is 1.11. The molecular weight excluding hydrogens is 230 g/mol. The first kappa shape index (κ1) is 15.4. The predicted octanol–water partition coefficient (Wildman–Crippen LogP) is 5.15. The molecule has 3 aliphatic rings. The van der Waals surface area contributed by atoms with E-state index in [0.717, 1.165) is 5.92 Å². The van der Waals surface area contributed by atoms with Gasteiger partial charge >= 0.3 is 0 Å². The predicted molar refractivity (Wildman–Crippen MR) is 84.3 cm³/mol. The van der Waals surface area contributed by atoms with Crippen molar-refractivity contribution in [2.45, 2.75) is 84.0 Å². The first-order valence-corrected chi connectivity index (χ1v) is 9.20. The van der Waals surface area contributed by atoms with E-state index in [9.17, 15) is 0 Å². The van der Waals surface area contributed by atoms with Crippen LogP contribution in [-0.2, 0) is 0 Å². The second-order valence-corrected chi connectivity index (χ2v) is 7.30. The van der Waals surface area contributed by atoms with Crippen molar-refractivity contribution in [2.75, 3.05) is 26.2 Å². The summed E-state index contributed by atoms with van der Waals surface area (Å²) in [6.07, 6.45) is 17.9. The summed E-state index contributed by atoms with van der Waals surface area (Å²) in [6.45, 7) is 8.35. The monoisotopic (exact) mass is 266 g/mol. The summed E-state index contributed by atoms with van der Waals surface area (Å²) in [5.41, 5.74) is 0. The van der Waals surface area contributed by atoms with Gasteiger partial charge in [0.1, 0.15) is 0 Å². The molecule has 2 bridgehead atoms. The van der Waals surface area contributed by atoms with Gasteiger partial charge in [-0.1, -0.05) is 51.9 Å². The Balaban J connectivity index is 1.43. The molecule has 0 amide bonds. The molecule has 3 rings (SSSR count). The molecule has 112 valence electrons. The van der Waals surface area contributed by atoms with Crippen LogP contribution in [0, 0.1) is 5.92 Å². The third-order valence-electron chi connectivity index (χ3n) is 5.77. The fraction of sp³-hybridized carbons (Fsp3) is 1.00. The topological polar surface area (TPSA) is 0 Å². The van der Waals surface area contributed by atoms with Gasteiger partial charge in [-0.15, -0.1) is 0 Å². The van der Waals surface area contributed by atoms with Crippen molar-refractivity contribution < 1.29 is 4.48 Å². The molecule has 3 aliphatic heterocycles. The fourth-order valence-corrected chi connectivity index (χ4v) is 4.23. The molecule has 3 fully saturated rings. The van der Waals surface area contributed by atoms with Crippen molar-refractivity contribution in [3.8, 4) is 0 Å². The molecule has 0 unspecified atom stereocenters. The Bertz CT molecular complexity index is 214. The molecule has 0 aliphatic carbocycles. The second kappa shape index (κ2) is 8.29. The number of hydrogen-bond donors (Lipinski definition) is 0. The molecule has 0 aromatic carbocycles. The van der Waals surface area contributed by atoms with Crippen LogP contribution in [0.2, 0.25) is 0 Å². The molecule has 0 aromatic heterocycles. The van der Waals surface area contributed by atoms with Gasteiger partial charge in [0.15, 0.2) is 0 Å². The number of nitrogens with zero attached hydrogens (tertiary/aromatic N) is 1. The van der Waals surface area contributed by atoms with E-state index >= 15 is 0 Å². The molecule has 19 heavy (non-hydrogen) atoms. The van der Waals surface area contributed by atoms with Gasteiger partial charge in [0, 0.05) is 0 Å². The first-order chi connectivity index (χ1) is 9.35. The lowest BCUT2D eigenvalue weighted by Crippen LogP contribution is -2.58. The summed E-state index contributed by atoms with van der Waals surface area (Å²) in [7, 11) is 0. The van der Waals surface area contributed by atoms with Gasteiger partial charge < -0.3 is 4.48 Å². The fourth-order valence-electron chi connectivity index (χ4n) is 4.23. The maximum atomic E-state index is 2.30. The Morgan fingerprint density at radius 2 is 1.16 bits per heavy atom. The zero-order valence-electron chi connectivity index (χ0n) is 13.3. The van der Waals surface area contributed by atoms with E-state index in [1.165, 1.54) is 108 Å². The first-order valence-electron chi connectivity index (χ1n) is 9.20. The number of quaternary nitrogens is 1. The highest BCUT2D eigenvalue weighted by molar-refractivity contribution is 4.71. The third-order valence-corrected chi connectivity index (χ3v) is 5.77. The average Bonchev–Trinajstić information content (AvgIpc) is 2.47. The lowest BCUT2D eigenvalue weighted by molar-refractivity contribution is -0.942. The van der Waals surface area contributed by atoms with Crippen molar-refractivity contribution in [2.24, 2.45) is 5.92 Å². The van der Waals surface area contributed by atoms with Crippen molar-refractivity contribution >= 4 is 0 Å². The van der Waals surface area contributed by atoms with Gasteiger partial charge in [-0.3, -0.25) is 0 Å². The largest absolute Gasteiger partial charge is 0.324 e. The quantitative estimate of drug-likeness (QED) is 0.379. The second-order valence-electron chi connectivity index (χ2n) is 7.30. The lowest BCUT2D eigenvalue weighted by atomic mass is 9.85. The highest BCUT2D eigenvalue weighted by Gasteiger charge is 2.38. The van der Waals surface area contributed by atoms with E-state index in [2.05, 4.69) is 6.92 Å². The summed E-state index contributed by atoms with van der Waals surface area (Å²) in [6, 6.07) is 0. The highest BCUT2D eigenvalue weighted by atomic mass is 15.4. The summed E-state index contributed by atoms with van der Waals surface area (Å²) in [5, 5.41) is 0. The standard InChI is InChI=1S/C18H36N/c1-2-3-4-5-6-7-8-9-10-14-19-15-11-18(12-16-19)13-17-19/h18H,2-17H2,1H3/q+1. The van der Waals surface area contributed by atoms with E-state index in [1.54, 1.807) is 0 Å². The average molecular weight is 266 g/mol. The van der Waals surface area contributed by atoms with E-state index in [-0.39, 0.29) is 0 Å². The van der Waals surface area contributed by atoms with Gasteiger partial charge in [0.05, 0.1) is 26.2 Å². The van der Waals surface area contributed by atoms with E-state index in [1.807, 2.05) is 0 Å². The van der Waals surface area contributed by atoms with Crippen LogP contribution in [0.5, 0.6) is 0 Å². The van der Waals surface area contributed by atoms with Gasteiger partial charge in [-0.2, -0.15) is 0 Å². The Morgan fingerprint density at radius 1 is 0.684 bits per heavy atom. The Hall–Kier alpha value is -0.0400. The summed E-state index contributed by atoms with van der Waals surface area (Å²) in [4.78, 5) is 0. The zero-order chi connectivity index (χ0) is 13.4. The van der Waals surface area contributed by atoms with Crippen LogP contribution >= 0.6 is 0 Å². The smallest absolute Gasteiger partial charge is 0.0789 e. The zero-order valence-corrected chi connectivity index (χ0v) is 13.3. The Labute approximate surface area is 121 Å². The molecule has 3 saturated heterocycles. The van der Waals surface area contributed by atoms with Crippen molar-refractivity contribution in [3.63, 3.8) is 0 Å². The van der Waals surface area contributed by atoms with Crippen LogP contribution in [0.25, 0.3) is 0 Å². The van der Waals surface area contributed by atoms with Crippen molar-refractivity contribution in [1.29, 1.82) is 0 Å². The van der Waals surface area contributed by atoms with Gasteiger partial charge in [0.2, 0.25) is 0 Å². The van der Waals surface area contributed by atoms with E-state index in [0.29, 0.717) is 0 Å². The molecule has 1 heteroatoms. The normalized spacial score (nSPS) is 29.8. The van der Waals surface area contributed by atoms with Crippen LogP contribution in [0.4, 0.5) is 0 Å². The molecule has 0 saturated carbocycles. The SMILES string of the molecule is CCCCCCCCCCC[N+]12CCC(CC1)CC2. The maximum Gasteiger partial charge on any atom is 0.0789 e. The van der Waals surface area contributed by atoms with Crippen molar-refractivity contribution in [1.82, 2.24) is 0 Å². The third kappa shape index (κ3) is 5.10. The number of hydrogen-bond acceptors (Lipinski definition) is 0. The summed E-state index contributed by atoms with van der Waals surface area (Å²) < 4.78 is 1.51. The van der Waals surface area contributed by atoms with Gasteiger partial charge in [-0.05, 0) is 38.0 Å². The van der Waals surface area contributed by atoms with Gasteiger partial charge in [-0.25, -0.2) is 0 Å². The highest BCUT2D eigenvalue weighted by Crippen LogP contribution is 2.33. The molecule has 0 spiro atoms. The Kier molecular flexibility index (Phi) is 6.70. The van der Waals surface area contributed by atoms with Crippen LogP contribution in [-0.4, -0.2) is 30.7 Å². The maximum absolute atomic E-state index is 2.30. The van der Waals surface area contributed by atoms with E-state index in [4.69, 9.17) is 0 Å². The number of fused-ring (bicyclic) bond motifs is 3. The van der Waals surface area contributed by atoms with Crippen molar-refractivity contribution in [3.05, 3.63) is 0 Å². The Morgan fingerprint density at radius 3 is 1.68 bits per heavy atom.